The largest absolute Gasteiger partial charge is 0.497 e. The number of fused-ring (bicyclic) bond motifs is 1. The number of carbonyl (C=O) groups is 1. The van der Waals surface area contributed by atoms with E-state index in [1.807, 2.05) is 78.9 Å². The monoisotopic (exact) mass is 403 g/mol. The number of nitrogens with one attached hydrogen (secondary N) is 2. The molecule has 6 heteroatoms. The summed E-state index contributed by atoms with van der Waals surface area (Å²) in [5.41, 5.74) is 3.71. The van der Waals surface area contributed by atoms with Crippen LogP contribution in [0.4, 0.5) is 0 Å². The summed E-state index contributed by atoms with van der Waals surface area (Å²) < 4.78 is 5.28. The summed E-state index contributed by atoms with van der Waals surface area (Å²) in [5.74, 6) is 0.709. The van der Waals surface area contributed by atoms with Crippen molar-refractivity contribution in [3.8, 4) is 5.75 Å². The molecule has 4 aromatic rings. The van der Waals surface area contributed by atoms with E-state index >= 15 is 0 Å². The van der Waals surface area contributed by atoms with Crippen LogP contribution in [0.5, 0.6) is 5.75 Å². The molecule has 3 aromatic carbocycles. The summed E-state index contributed by atoms with van der Waals surface area (Å²) in [6.45, 7) is 0.487. The normalized spacial score (nSPS) is 11.9. The number of thioether (sulfide) groups is 1. The maximum atomic E-state index is 13.0. The third-order valence-corrected chi connectivity index (χ3v) is 5.69. The molecule has 146 valence electrons. The molecule has 1 atom stereocenters. The van der Waals surface area contributed by atoms with Gasteiger partial charge in [0.2, 0.25) is 5.91 Å². The van der Waals surface area contributed by atoms with Gasteiger partial charge >= 0.3 is 0 Å². The van der Waals surface area contributed by atoms with Crippen LogP contribution in [0, 0.1) is 0 Å². The Bertz CT molecular complexity index is 1100. The van der Waals surface area contributed by atoms with E-state index in [0.29, 0.717) is 11.7 Å². The quantitative estimate of drug-likeness (QED) is 0.438. The summed E-state index contributed by atoms with van der Waals surface area (Å²) in [5, 5.41) is 3.33. The van der Waals surface area contributed by atoms with Gasteiger partial charge in [0.15, 0.2) is 5.16 Å². The zero-order valence-corrected chi connectivity index (χ0v) is 16.8. The van der Waals surface area contributed by atoms with Crippen LogP contribution in [0.15, 0.2) is 84.0 Å². The van der Waals surface area contributed by atoms with Gasteiger partial charge in [0.1, 0.15) is 11.0 Å². The molecule has 29 heavy (non-hydrogen) atoms. The van der Waals surface area contributed by atoms with Gasteiger partial charge in [-0.25, -0.2) is 4.98 Å². The molecule has 2 N–H and O–H groups in total. The average Bonchev–Trinajstić information content (AvgIpc) is 3.19. The Morgan fingerprint density at radius 1 is 1.07 bits per heavy atom. The number of imidazole rings is 1. The van der Waals surface area contributed by atoms with Gasteiger partial charge in [-0.15, -0.1) is 0 Å². The number of methoxy groups -OCH3 is 1. The Kier molecular flexibility index (Phi) is 5.81. The lowest BCUT2D eigenvalue weighted by atomic mass is 10.1. The maximum Gasteiger partial charge on any atom is 0.238 e. The average molecular weight is 404 g/mol. The lowest BCUT2D eigenvalue weighted by Crippen LogP contribution is -2.27. The smallest absolute Gasteiger partial charge is 0.238 e. The van der Waals surface area contributed by atoms with E-state index in [1.54, 1.807) is 7.11 Å². The van der Waals surface area contributed by atoms with Crippen LogP contribution in [0.25, 0.3) is 11.0 Å². The number of ether oxygens (including phenoxy) is 1. The molecule has 0 spiro atoms. The molecule has 0 fully saturated rings. The molecule has 5 nitrogen and oxygen atoms in total. The Hall–Kier alpha value is -3.25. The van der Waals surface area contributed by atoms with Gasteiger partial charge in [-0.1, -0.05) is 72.4 Å². The summed E-state index contributed by atoms with van der Waals surface area (Å²) in [4.78, 5) is 21.0. The fourth-order valence-corrected chi connectivity index (χ4v) is 4.07. The molecule has 1 heterocycles. The van der Waals surface area contributed by atoms with E-state index in [-0.39, 0.29) is 5.91 Å². The predicted molar refractivity (Wildman–Crippen MR) is 116 cm³/mol. The third-order valence-electron chi connectivity index (χ3n) is 4.55. The second-order valence-electron chi connectivity index (χ2n) is 6.54. The number of aromatic amines is 1. The van der Waals surface area contributed by atoms with Crippen LogP contribution in [-0.4, -0.2) is 23.0 Å². The molecule has 1 aromatic heterocycles. The number of hydrogen-bond acceptors (Lipinski definition) is 4. The fourth-order valence-electron chi connectivity index (χ4n) is 3.04. The van der Waals surface area contributed by atoms with Crippen LogP contribution in [0.1, 0.15) is 16.4 Å². The molecule has 4 rings (SSSR count). The summed E-state index contributed by atoms with van der Waals surface area (Å²) >= 11 is 1.40. The molecule has 0 bridgehead atoms. The topological polar surface area (TPSA) is 67.0 Å². The van der Waals surface area contributed by atoms with Crippen LogP contribution in [0.3, 0.4) is 0 Å². The highest BCUT2D eigenvalue weighted by atomic mass is 32.2. The van der Waals surface area contributed by atoms with Crippen molar-refractivity contribution in [2.45, 2.75) is 17.0 Å². The number of hydrogen-bond donors (Lipinski definition) is 2. The predicted octanol–water partition coefficient (Wildman–Crippen LogP) is 4.72. The first-order chi connectivity index (χ1) is 14.2. The number of amides is 1. The van der Waals surface area contributed by atoms with Gasteiger partial charge in [-0.05, 0) is 23.3 Å². The van der Waals surface area contributed by atoms with Crippen molar-refractivity contribution in [2.24, 2.45) is 0 Å². The first kappa shape index (κ1) is 19.1. The minimum Gasteiger partial charge on any atom is -0.497 e. The Labute approximate surface area is 173 Å². The minimum atomic E-state index is -0.414. The van der Waals surface area contributed by atoms with E-state index in [0.717, 1.165) is 27.9 Å². The van der Waals surface area contributed by atoms with Crippen molar-refractivity contribution in [3.05, 3.63) is 90.0 Å². The molecule has 0 radical (unpaired) electrons. The number of rotatable bonds is 7. The molecular formula is C23H21N3O2S. The van der Waals surface area contributed by atoms with Crippen molar-refractivity contribution in [3.63, 3.8) is 0 Å². The maximum absolute atomic E-state index is 13.0. The number of aromatic nitrogens is 2. The minimum absolute atomic E-state index is 0.0527. The van der Waals surface area contributed by atoms with E-state index in [2.05, 4.69) is 15.3 Å². The lowest BCUT2D eigenvalue weighted by molar-refractivity contribution is -0.120. The second kappa shape index (κ2) is 8.84. The summed E-state index contributed by atoms with van der Waals surface area (Å²) in [6, 6.07) is 25.3. The van der Waals surface area contributed by atoms with Crippen molar-refractivity contribution in [1.29, 1.82) is 0 Å². The highest BCUT2D eigenvalue weighted by Crippen LogP contribution is 2.35. The zero-order chi connectivity index (χ0) is 20.1. The van der Waals surface area contributed by atoms with Crippen molar-refractivity contribution >= 4 is 28.7 Å². The number of nitrogens with zero attached hydrogens (tertiary/aromatic N) is 1. The van der Waals surface area contributed by atoms with E-state index in [1.165, 1.54) is 11.8 Å². The van der Waals surface area contributed by atoms with E-state index in [9.17, 15) is 4.79 Å². The Morgan fingerprint density at radius 2 is 1.79 bits per heavy atom. The van der Waals surface area contributed by atoms with Crippen molar-refractivity contribution in [1.82, 2.24) is 15.3 Å². The molecule has 1 unspecified atom stereocenters. The highest BCUT2D eigenvalue weighted by molar-refractivity contribution is 8.00. The standard InChI is InChI=1S/C23H21N3O2S/c1-28-18-12-13-19-20(14-18)26-23(25-19)29-21(17-10-6-3-7-11-17)22(27)24-15-16-8-4-2-5-9-16/h2-14,21H,15H2,1H3,(H,24,27)(H,25,26). The zero-order valence-electron chi connectivity index (χ0n) is 16.0. The van der Waals surface area contributed by atoms with Gasteiger partial charge in [0, 0.05) is 12.6 Å². The number of benzene rings is 3. The summed E-state index contributed by atoms with van der Waals surface area (Å²) in [6.07, 6.45) is 0. The van der Waals surface area contributed by atoms with Gasteiger partial charge in [0.25, 0.3) is 0 Å². The van der Waals surface area contributed by atoms with Crippen molar-refractivity contribution < 1.29 is 9.53 Å². The van der Waals surface area contributed by atoms with Gasteiger partial charge in [-0.2, -0.15) is 0 Å². The lowest BCUT2D eigenvalue weighted by Gasteiger charge is -2.16. The second-order valence-corrected chi connectivity index (χ2v) is 7.63. The van der Waals surface area contributed by atoms with E-state index in [4.69, 9.17) is 4.74 Å². The molecule has 1 amide bonds. The molecule has 0 saturated heterocycles. The Morgan fingerprint density at radius 3 is 2.52 bits per heavy atom. The SMILES string of the molecule is COc1ccc2nc(SC(C(=O)NCc3ccccc3)c3ccccc3)[nH]c2c1. The fraction of sp³-hybridized carbons (Fsp3) is 0.130. The molecule has 0 aliphatic heterocycles. The summed E-state index contributed by atoms with van der Waals surface area (Å²) in [7, 11) is 1.63. The van der Waals surface area contributed by atoms with Crippen molar-refractivity contribution in [2.75, 3.05) is 7.11 Å². The molecule has 0 aliphatic carbocycles. The Balaban J connectivity index is 1.56. The number of carbonyl (C=O) groups excluding carboxylic acids is 1. The van der Waals surface area contributed by atoms with E-state index < -0.39 is 5.25 Å². The van der Waals surface area contributed by atoms with Crippen LogP contribution < -0.4 is 10.1 Å². The van der Waals surface area contributed by atoms with Crippen LogP contribution in [0.2, 0.25) is 0 Å². The molecule has 0 aliphatic rings. The van der Waals surface area contributed by atoms with Crippen LogP contribution >= 0.6 is 11.8 Å². The first-order valence-corrected chi connectivity index (χ1v) is 10.2. The number of H-pyrrole nitrogens is 1. The van der Waals surface area contributed by atoms with Gasteiger partial charge in [0.05, 0.1) is 18.1 Å². The third kappa shape index (κ3) is 4.60. The highest BCUT2D eigenvalue weighted by Gasteiger charge is 2.23. The van der Waals surface area contributed by atoms with Gasteiger partial charge in [-0.3, -0.25) is 4.79 Å². The molecular weight excluding hydrogens is 382 g/mol. The van der Waals surface area contributed by atoms with Gasteiger partial charge < -0.3 is 15.0 Å². The van der Waals surface area contributed by atoms with Crippen LogP contribution in [-0.2, 0) is 11.3 Å². The molecule has 0 saturated carbocycles. The first-order valence-electron chi connectivity index (χ1n) is 9.30.